The van der Waals surface area contributed by atoms with Gasteiger partial charge in [0.1, 0.15) is 9.77 Å². The van der Waals surface area contributed by atoms with Crippen molar-refractivity contribution in [2.75, 3.05) is 7.11 Å². The van der Waals surface area contributed by atoms with Crippen LogP contribution in [0.25, 0.3) is 0 Å². The van der Waals surface area contributed by atoms with Crippen molar-refractivity contribution in [3.8, 4) is 5.88 Å². The van der Waals surface area contributed by atoms with Gasteiger partial charge in [0.05, 0.1) is 18.5 Å². The number of nitrogens with zero attached hydrogens (tertiary/aromatic N) is 1. The summed E-state index contributed by atoms with van der Waals surface area (Å²) in [6.07, 6.45) is 0. The number of pyridine rings is 1. The van der Waals surface area contributed by atoms with Crippen LogP contribution >= 0.6 is 11.9 Å². The first-order valence-corrected chi connectivity index (χ1v) is 6.75. The SMILES string of the molecule is COc1cccc(SN[S@+]([O-])C(C)(C)C)n1. The Morgan fingerprint density at radius 3 is 2.69 bits per heavy atom. The average Bonchev–Trinajstić information content (AvgIpc) is 2.25. The molecule has 0 aliphatic rings. The molecule has 1 aromatic heterocycles. The molecule has 0 amide bonds. The Morgan fingerprint density at radius 2 is 2.12 bits per heavy atom. The zero-order valence-electron chi connectivity index (χ0n) is 9.81. The van der Waals surface area contributed by atoms with Crippen molar-refractivity contribution in [3.63, 3.8) is 0 Å². The number of ether oxygens (including phenoxy) is 1. The summed E-state index contributed by atoms with van der Waals surface area (Å²) in [5.41, 5.74) is 0. The summed E-state index contributed by atoms with van der Waals surface area (Å²) in [5.74, 6) is 0.549. The van der Waals surface area contributed by atoms with Crippen molar-refractivity contribution in [1.82, 2.24) is 9.11 Å². The monoisotopic (exact) mass is 260 g/mol. The predicted molar refractivity (Wildman–Crippen MR) is 67.7 cm³/mol. The van der Waals surface area contributed by atoms with Crippen molar-refractivity contribution in [3.05, 3.63) is 18.2 Å². The zero-order chi connectivity index (χ0) is 12.2. The number of hydrogen-bond donors (Lipinski definition) is 1. The van der Waals surface area contributed by atoms with Crippen LogP contribution in [0.1, 0.15) is 20.8 Å². The Bertz CT molecular complexity index is 342. The molecule has 0 aromatic carbocycles. The summed E-state index contributed by atoms with van der Waals surface area (Å²) < 4.78 is 19.3. The van der Waals surface area contributed by atoms with E-state index in [0.29, 0.717) is 5.88 Å². The highest BCUT2D eigenvalue weighted by molar-refractivity contribution is 8.09. The van der Waals surface area contributed by atoms with Gasteiger partial charge >= 0.3 is 0 Å². The summed E-state index contributed by atoms with van der Waals surface area (Å²) in [4.78, 5) is 4.19. The molecule has 16 heavy (non-hydrogen) atoms. The van der Waals surface area contributed by atoms with Crippen molar-refractivity contribution >= 4 is 23.3 Å². The molecular formula is C10H16N2O2S2. The number of rotatable bonds is 4. The van der Waals surface area contributed by atoms with Gasteiger partial charge in [-0.1, -0.05) is 10.2 Å². The van der Waals surface area contributed by atoms with Crippen LogP contribution in [-0.4, -0.2) is 21.4 Å². The van der Waals surface area contributed by atoms with Gasteiger partial charge in [-0.25, -0.2) is 4.98 Å². The molecule has 0 spiro atoms. The summed E-state index contributed by atoms with van der Waals surface area (Å²) >= 11 is 0.129. The molecule has 0 saturated heterocycles. The van der Waals surface area contributed by atoms with Crippen LogP contribution in [0.5, 0.6) is 5.88 Å². The lowest BCUT2D eigenvalue weighted by atomic mass is 10.3. The molecule has 0 fully saturated rings. The maximum absolute atomic E-state index is 11.7. The maximum atomic E-state index is 11.7. The Morgan fingerprint density at radius 1 is 1.44 bits per heavy atom. The first-order valence-electron chi connectivity index (χ1n) is 4.79. The molecule has 0 aliphatic carbocycles. The van der Waals surface area contributed by atoms with E-state index < -0.39 is 11.4 Å². The van der Waals surface area contributed by atoms with E-state index in [1.165, 1.54) is 11.9 Å². The van der Waals surface area contributed by atoms with Crippen LogP contribution in [0.4, 0.5) is 0 Å². The topological polar surface area (TPSA) is 57.2 Å². The molecule has 0 unspecified atom stereocenters. The molecule has 1 N–H and O–H groups in total. The molecule has 0 saturated carbocycles. The molecule has 0 bridgehead atoms. The molecule has 1 atom stereocenters. The molecule has 1 heterocycles. The zero-order valence-corrected chi connectivity index (χ0v) is 11.4. The quantitative estimate of drug-likeness (QED) is 0.664. The van der Waals surface area contributed by atoms with Gasteiger partial charge in [-0.15, -0.1) is 0 Å². The van der Waals surface area contributed by atoms with Gasteiger partial charge in [-0.3, -0.25) is 0 Å². The fraction of sp³-hybridized carbons (Fsp3) is 0.500. The van der Waals surface area contributed by atoms with E-state index >= 15 is 0 Å². The van der Waals surface area contributed by atoms with Crippen molar-refractivity contribution in [1.29, 1.82) is 0 Å². The highest BCUT2D eigenvalue weighted by Crippen LogP contribution is 2.20. The van der Waals surface area contributed by atoms with Crippen LogP contribution in [0.2, 0.25) is 0 Å². The second kappa shape index (κ2) is 5.77. The van der Waals surface area contributed by atoms with E-state index in [4.69, 9.17) is 4.74 Å². The largest absolute Gasteiger partial charge is 0.597 e. The molecule has 0 radical (unpaired) electrons. The number of methoxy groups -OCH3 is 1. The fourth-order valence-electron chi connectivity index (χ4n) is 0.772. The van der Waals surface area contributed by atoms with Gasteiger partial charge in [-0.2, -0.15) is 0 Å². The lowest BCUT2D eigenvalue weighted by molar-refractivity contribution is 0.394. The van der Waals surface area contributed by atoms with Crippen molar-refractivity contribution in [2.45, 2.75) is 30.5 Å². The standard InChI is InChI=1S/C10H16N2O2S2/c1-10(2,3)16(13)12-15-9-7-5-6-8(11-9)14-4/h5-7,12H,1-4H3/t16-/m1/s1. The molecular weight excluding hydrogens is 244 g/mol. The van der Waals surface area contributed by atoms with Gasteiger partial charge < -0.3 is 9.29 Å². The van der Waals surface area contributed by atoms with Crippen molar-refractivity contribution in [2.24, 2.45) is 0 Å². The number of hydrogen-bond acceptors (Lipinski definition) is 5. The molecule has 90 valence electrons. The Labute approximate surface area is 104 Å². The third-order valence-corrected chi connectivity index (χ3v) is 4.17. The van der Waals surface area contributed by atoms with Crippen molar-refractivity contribution < 1.29 is 9.29 Å². The summed E-state index contributed by atoms with van der Waals surface area (Å²) in [7, 11) is 1.57. The Hall–Kier alpha value is -0.430. The third-order valence-electron chi connectivity index (χ3n) is 1.69. The molecule has 4 nitrogen and oxygen atoms in total. The molecule has 1 rings (SSSR count). The summed E-state index contributed by atoms with van der Waals surface area (Å²) in [6, 6.07) is 5.45. The Balaban J connectivity index is 2.54. The smallest absolute Gasteiger partial charge is 0.214 e. The lowest BCUT2D eigenvalue weighted by Gasteiger charge is -2.22. The van der Waals surface area contributed by atoms with E-state index in [1.54, 1.807) is 13.2 Å². The fourth-order valence-corrected chi connectivity index (χ4v) is 2.70. The van der Waals surface area contributed by atoms with Gasteiger partial charge in [0.2, 0.25) is 5.88 Å². The molecule has 1 aromatic rings. The van der Waals surface area contributed by atoms with E-state index in [2.05, 4.69) is 9.11 Å². The summed E-state index contributed by atoms with van der Waals surface area (Å²) in [6.45, 7) is 5.74. The first kappa shape index (κ1) is 13.6. The number of aromatic nitrogens is 1. The third kappa shape index (κ3) is 4.21. The van der Waals surface area contributed by atoms with Gasteiger partial charge in [0, 0.05) is 18.0 Å². The van der Waals surface area contributed by atoms with Crippen LogP contribution in [0, 0.1) is 0 Å². The normalized spacial score (nSPS) is 13.6. The first-order chi connectivity index (χ1) is 7.43. The van der Waals surface area contributed by atoms with Crippen LogP contribution in [-0.2, 0) is 11.4 Å². The van der Waals surface area contributed by atoms with Crippen LogP contribution in [0.3, 0.4) is 0 Å². The highest BCUT2D eigenvalue weighted by Gasteiger charge is 2.26. The summed E-state index contributed by atoms with van der Waals surface area (Å²) in [5, 5.41) is 0.733. The Kier molecular flexibility index (Phi) is 4.91. The highest BCUT2D eigenvalue weighted by atomic mass is 32.3. The van der Waals surface area contributed by atoms with Crippen LogP contribution in [0.15, 0.2) is 23.2 Å². The van der Waals surface area contributed by atoms with E-state index in [1.807, 2.05) is 32.9 Å². The second-order valence-electron chi connectivity index (χ2n) is 4.08. The predicted octanol–water partition coefficient (Wildman–Crippen LogP) is 2.15. The van der Waals surface area contributed by atoms with Gasteiger partial charge in [0.25, 0.3) is 0 Å². The minimum atomic E-state index is -1.11. The molecule has 0 aliphatic heterocycles. The van der Waals surface area contributed by atoms with E-state index in [0.717, 1.165) is 5.03 Å². The number of nitrogens with one attached hydrogen (secondary N) is 1. The average molecular weight is 260 g/mol. The minimum absolute atomic E-state index is 0.286. The van der Waals surface area contributed by atoms with Gasteiger partial charge in [0.15, 0.2) is 0 Å². The van der Waals surface area contributed by atoms with E-state index in [-0.39, 0.29) is 4.75 Å². The molecule has 6 heteroatoms. The van der Waals surface area contributed by atoms with Crippen LogP contribution < -0.4 is 8.86 Å². The second-order valence-corrected chi connectivity index (χ2v) is 7.14. The van der Waals surface area contributed by atoms with E-state index in [9.17, 15) is 4.55 Å². The van der Waals surface area contributed by atoms with Gasteiger partial charge in [-0.05, 0) is 26.8 Å². The minimum Gasteiger partial charge on any atom is -0.597 e. The lowest BCUT2D eigenvalue weighted by Crippen LogP contribution is -2.35. The maximum Gasteiger partial charge on any atom is 0.214 e.